The van der Waals surface area contributed by atoms with Crippen LogP contribution in [0.25, 0.3) is 16.6 Å². The molecule has 2 heterocycles. The van der Waals surface area contributed by atoms with Crippen molar-refractivity contribution in [2.75, 3.05) is 0 Å². The van der Waals surface area contributed by atoms with Crippen molar-refractivity contribution in [3.8, 4) is 0 Å². The first kappa shape index (κ1) is 25.4. The van der Waals surface area contributed by atoms with E-state index in [2.05, 4.69) is 65.9 Å². The predicted molar refractivity (Wildman–Crippen MR) is 138 cm³/mol. The summed E-state index contributed by atoms with van der Waals surface area (Å²) in [4.78, 5) is 14.4. The van der Waals surface area contributed by atoms with Crippen LogP contribution in [-0.2, 0) is 25.0 Å². The number of aromatic nitrogens is 4. The molecule has 0 saturated heterocycles. The Kier molecular flexibility index (Phi) is 9.59. The van der Waals surface area contributed by atoms with Crippen LogP contribution in [0, 0.1) is 0 Å². The Morgan fingerprint density at radius 2 is 1.68 bits per heavy atom. The molecule has 0 fully saturated rings. The Morgan fingerprint density at radius 1 is 0.971 bits per heavy atom. The highest BCUT2D eigenvalue weighted by atomic mass is 16.6. The zero-order chi connectivity index (χ0) is 24.3. The predicted octanol–water partition coefficient (Wildman–Crippen LogP) is 6.81. The fourth-order valence-electron chi connectivity index (χ4n) is 3.74. The Hall–Kier alpha value is -3.25. The maximum Gasteiger partial charge on any atom is 0.300 e. The summed E-state index contributed by atoms with van der Waals surface area (Å²) >= 11 is 0. The standard InChI is InChI=1S/C28H37N5O/c1-22(2)11-9-12-23(3)13-10-14-24(4)17-18-33-21-32(5)28-26(33)27(29-20-30-28)31-34-19-25-15-7-6-8-16-25/h6-8,11,13,15-17,20-21H,9-10,12,14,18-19H2,1-5H3/b23-13-,24-17+. The van der Waals surface area contributed by atoms with Crippen LogP contribution < -0.4 is 4.57 Å². The molecule has 0 saturated carbocycles. The molecule has 0 radical (unpaired) electrons. The minimum Gasteiger partial charge on any atom is -0.407 e. The first-order valence-corrected chi connectivity index (χ1v) is 11.9. The van der Waals surface area contributed by atoms with Gasteiger partial charge in [-0.1, -0.05) is 65.3 Å². The van der Waals surface area contributed by atoms with Crippen LogP contribution in [0.3, 0.4) is 0 Å². The quantitative estimate of drug-likeness (QED) is 0.170. The van der Waals surface area contributed by atoms with Crippen molar-refractivity contribution in [2.24, 2.45) is 7.05 Å². The summed E-state index contributed by atoms with van der Waals surface area (Å²) in [5, 5.41) is 0. The number of fused-ring (bicyclic) bond motifs is 1. The zero-order valence-electron chi connectivity index (χ0n) is 21.2. The normalized spacial score (nSPS) is 12.3. The molecule has 3 rings (SSSR count). The third-order valence-corrected chi connectivity index (χ3v) is 5.70. The Morgan fingerprint density at radius 3 is 2.41 bits per heavy atom. The first-order valence-electron chi connectivity index (χ1n) is 11.9. The number of hydrogen-bond acceptors (Lipinski definition) is 3. The molecule has 1 aromatic carbocycles. The summed E-state index contributed by atoms with van der Waals surface area (Å²) in [7, 11) is 1.99. The molecule has 34 heavy (non-hydrogen) atoms. The minimum absolute atomic E-state index is 0.402. The zero-order valence-corrected chi connectivity index (χ0v) is 21.2. The molecule has 0 atom stereocenters. The van der Waals surface area contributed by atoms with E-state index in [1.165, 1.54) is 23.0 Å². The molecule has 0 spiro atoms. The van der Waals surface area contributed by atoms with Gasteiger partial charge in [0.1, 0.15) is 0 Å². The van der Waals surface area contributed by atoms with Crippen LogP contribution in [0.1, 0.15) is 58.9 Å². The second-order valence-electron chi connectivity index (χ2n) is 9.06. The maximum atomic E-state index is 5.61. The van der Waals surface area contributed by atoms with Gasteiger partial charge in [0.15, 0.2) is 11.8 Å². The molecule has 180 valence electrons. The van der Waals surface area contributed by atoms with Crippen molar-refractivity contribution < 1.29 is 9.40 Å². The molecule has 0 aliphatic carbocycles. The van der Waals surface area contributed by atoms with E-state index in [0.717, 1.165) is 49.0 Å². The van der Waals surface area contributed by atoms with E-state index in [0.29, 0.717) is 12.4 Å². The van der Waals surface area contributed by atoms with Crippen LogP contribution in [0.15, 0.2) is 77.9 Å². The third kappa shape index (κ3) is 7.66. The summed E-state index contributed by atoms with van der Waals surface area (Å²) in [6.45, 7) is 9.88. The summed E-state index contributed by atoms with van der Waals surface area (Å²) in [6, 6.07) is 10.00. The summed E-state index contributed by atoms with van der Waals surface area (Å²) in [6.07, 6.45) is 14.9. The number of rotatable bonds is 12. The number of aryl methyl sites for hydroxylation is 1. The first-order chi connectivity index (χ1) is 16.4. The van der Waals surface area contributed by atoms with E-state index in [4.69, 9.17) is 4.84 Å². The van der Waals surface area contributed by atoms with Gasteiger partial charge in [-0.15, -0.1) is 4.98 Å². The van der Waals surface area contributed by atoms with Crippen molar-refractivity contribution in [1.29, 1.82) is 0 Å². The third-order valence-electron chi connectivity index (χ3n) is 5.70. The second kappa shape index (κ2) is 12.8. The molecule has 0 N–H and O–H groups in total. The van der Waals surface area contributed by atoms with Crippen LogP contribution in [0.2, 0.25) is 0 Å². The van der Waals surface area contributed by atoms with Gasteiger partial charge >= 0.3 is 5.65 Å². The monoisotopic (exact) mass is 459 g/mol. The van der Waals surface area contributed by atoms with Crippen LogP contribution in [0.5, 0.6) is 0 Å². The average molecular weight is 460 g/mol. The number of nitrogens with zero attached hydrogens (tertiary/aromatic N) is 5. The van der Waals surface area contributed by atoms with Gasteiger partial charge in [-0.05, 0) is 58.9 Å². The molecule has 0 aliphatic heterocycles. The van der Waals surface area contributed by atoms with E-state index in [9.17, 15) is 0 Å². The van der Waals surface area contributed by atoms with Gasteiger partial charge in [0.25, 0.3) is 0 Å². The van der Waals surface area contributed by atoms with Crippen LogP contribution >= 0.6 is 0 Å². The maximum absolute atomic E-state index is 5.61. The molecule has 2 aromatic heterocycles. The van der Waals surface area contributed by atoms with Gasteiger partial charge in [-0.25, -0.2) is 4.57 Å². The highest BCUT2D eigenvalue weighted by Gasteiger charge is 2.14. The van der Waals surface area contributed by atoms with Gasteiger partial charge in [-0.2, -0.15) is 0 Å². The van der Waals surface area contributed by atoms with Crippen LogP contribution in [-0.4, -0.2) is 14.5 Å². The molecule has 3 aromatic rings. The number of hydrogen-bond donors (Lipinski definition) is 0. The van der Waals surface area contributed by atoms with Gasteiger partial charge < -0.3 is 15.3 Å². The summed E-state index contributed by atoms with van der Waals surface area (Å²) in [5.41, 5.74) is 11.3. The fraction of sp³-hybridized carbons (Fsp3) is 0.393. The van der Waals surface area contributed by atoms with Crippen molar-refractivity contribution in [3.63, 3.8) is 0 Å². The van der Waals surface area contributed by atoms with Crippen molar-refractivity contribution in [1.82, 2.24) is 14.5 Å². The Labute approximate surface area is 203 Å². The lowest BCUT2D eigenvalue weighted by molar-refractivity contribution is -0.647. The van der Waals surface area contributed by atoms with E-state index >= 15 is 0 Å². The molecular weight excluding hydrogens is 422 g/mol. The molecular formula is C28H37N5O. The largest absolute Gasteiger partial charge is 0.407 e. The smallest absolute Gasteiger partial charge is 0.300 e. The van der Waals surface area contributed by atoms with E-state index in [1.807, 2.05) is 48.3 Å². The molecule has 0 bridgehead atoms. The SMILES string of the molecule is CC(C)=CCC/C(C)=C\CC/C(C)=C/Cn1c[n+](C)c2ncnc([N-]OCc3ccccc3)c21. The van der Waals surface area contributed by atoms with Gasteiger partial charge in [-0.3, -0.25) is 4.57 Å². The van der Waals surface area contributed by atoms with Gasteiger partial charge in [0.2, 0.25) is 0 Å². The topological polar surface area (TPSA) is 57.9 Å². The lowest BCUT2D eigenvalue weighted by atomic mass is 10.1. The fourth-order valence-corrected chi connectivity index (χ4v) is 3.74. The van der Waals surface area contributed by atoms with E-state index in [-0.39, 0.29) is 0 Å². The van der Waals surface area contributed by atoms with E-state index in [1.54, 1.807) is 0 Å². The second-order valence-corrected chi connectivity index (χ2v) is 9.06. The minimum atomic E-state index is 0.402. The van der Waals surface area contributed by atoms with Crippen molar-refractivity contribution >= 4 is 17.0 Å². The molecule has 6 nitrogen and oxygen atoms in total. The van der Waals surface area contributed by atoms with E-state index < -0.39 is 0 Å². The van der Waals surface area contributed by atoms with Crippen molar-refractivity contribution in [3.05, 3.63) is 89.0 Å². The van der Waals surface area contributed by atoms with Crippen LogP contribution in [0.4, 0.5) is 5.82 Å². The lowest BCUT2D eigenvalue weighted by Crippen LogP contribution is -2.26. The number of allylic oxidation sites excluding steroid dienone is 6. The number of imidazole rings is 1. The Bertz CT molecular complexity index is 1150. The average Bonchev–Trinajstić information content (AvgIpc) is 3.14. The highest BCUT2D eigenvalue weighted by molar-refractivity contribution is 5.81. The highest BCUT2D eigenvalue weighted by Crippen LogP contribution is 2.25. The molecule has 0 aliphatic rings. The molecule has 0 unspecified atom stereocenters. The van der Waals surface area contributed by atoms with Gasteiger partial charge in [0, 0.05) is 5.82 Å². The van der Waals surface area contributed by atoms with Crippen molar-refractivity contribution in [2.45, 2.75) is 66.5 Å². The lowest BCUT2D eigenvalue weighted by Gasteiger charge is -2.14. The Balaban J connectivity index is 1.61. The summed E-state index contributed by atoms with van der Waals surface area (Å²) < 4.78 is 4.12. The molecule has 0 amide bonds. The van der Waals surface area contributed by atoms with Gasteiger partial charge in [0.05, 0.1) is 26.5 Å². The molecule has 6 heteroatoms. The summed E-state index contributed by atoms with van der Waals surface area (Å²) in [5.74, 6) is 0.544. The number of benzene rings is 1.